The second-order valence-electron chi connectivity index (χ2n) is 6.70. The molecule has 5 nitrogen and oxygen atoms in total. The summed E-state index contributed by atoms with van der Waals surface area (Å²) >= 11 is 0. The zero-order chi connectivity index (χ0) is 13.9. The Morgan fingerprint density at radius 1 is 1.12 bits per heavy atom. The highest BCUT2D eigenvalue weighted by Crippen LogP contribution is 2.19. The predicted molar refractivity (Wildman–Crippen MR) is 66.7 cm³/mol. The fourth-order valence-corrected chi connectivity index (χ4v) is 1.69. The van der Waals surface area contributed by atoms with Crippen LogP contribution in [0.4, 0.5) is 0 Å². The van der Waals surface area contributed by atoms with Crippen LogP contribution in [0.2, 0.25) is 0 Å². The normalized spacial score (nSPS) is 16.6. The summed E-state index contributed by atoms with van der Waals surface area (Å²) < 4.78 is 1.06. The van der Waals surface area contributed by atoms with Crippen molar-refractivity contribution in [2.75, 3.05) is 48.8 Å². The van der Waals surface area contributed by atoms with E-state index < -0.39 is 11.6 Å². The van der Waals surface area contributed by atoms with E-state index in [0.29, 0.717) is 6.42 Å². The molecule has 0 unspecified atom stereocenters. The van der Waals surface area contributed by atoms with E-state index in [2.05, 4.69) is 21.1 Å². The van der Waals surface area contributed by atoms with E-state index in [1.165, 1.54) is 0 Å². The van der Waals surface area contributed by atoms with Crippen molar-refractivity contribution in [2.24, 2.45) is 5.73 Å². The molecule has 0 saturated carbocycles. The molecule has 102 valence electrons. The van der Waals surface area contributed by atoms with Crippen LogP contribution in [0.1, 0.15) is 19.3 Å². The predicted octanol–water partition coefficient (Wildman–Crippen LogP) is -1.03. The monoisotopic (exact) mass is 246 g/mol. The van der Waals surface area contributed by atoms with E-state index in [1.54, 1.807) is 21.1 Å². The van der Waals surface area contributed by atoms with Gasteiger partial charge in [-0.3, -0.25) is 5.73 Å². The number of hydrogen-bond donors (Lipinski definition) is 1. The second kappa shape index (κ2) is 5.33. The number of nitrogens with two attached hydrogens (primary N) is 1. The molecule has 0 aliphatic heterocycles. The van der Waals surface area contributed by atoms with Gasteiger partial charge in [0.25, 0.3) is 0 Å². The molecule has 0 radical (unpaired) electrons. The minimum atomic E-state index is -1.30. The van der Waals surface area contributed by atoms with Crippen LogP contribution in [0.5, 0.6) is 0 Å². The summed E-state index contributed by atoms with van der Waals surface area (Å²) in [4.78, 5) is 11.2. The lowest BCUT2D eigenvalue weighted by Gasteiger charge is -2.44. The molecule has 0 amide bonds. The maximum Gasteiger partial charge on any atom is 0.190 e. The summed E-state index contributed by atoms with van der Waals surface area (Å²) in [5.41, 5.74) is 4.67. The lowest BCUT2D eigenvalue weighted by atomic mass is 10.00. The van der Waals surface area contributed by atoms with Crippen LogP contribution in [0, 0.1) is 0 Å². The molecule has 0 saturated heterocycles. The number of nitrogens with zero attached hydrogens (tertiary/aromatic N) is 2. The van der Waals surface area contributed by atoms with E-state index in [0.717, 1.165) is 23.9 Å². The molecule has 0 heterocycles. The SMILES string of the molecule is C[N+](C)(C)CCCC[C@@](N)(C(=O)[O-])[N+](C)(C)C. The van der Waals surface area contributed by atoms with Crippen LogP contribution in [0.15, 0.2) is 0 Å². The van der Waals surface area contributed by atoms with Crippen molar-refractivity contribution < 1.29 is 18.9 Å². The number of hydrogen-bond acceptors (Lipinski definition) is 3. The molecular weight excluding hydrogens is 218 g/mol. The summed E-state index contributed by atoms with van der Waals surface area (Å²) in [6, 6.07) is 0. The molecule has 0 aromatic heterocycles. The van der Waals surface area contributed by atoms with Gasteiger partial charge in [-0.05, 0) is 12.8 Å². The number of quaternary nitrogens is 2. The molecule has 0 spiro atoms. The number of rotatable bonds is 7. The zero-order valence-corrected chi connectivity index (χ0v) is 12.1. The number of carbonyl (C=O) groups excluding carboxylic acids is 1. The number of aliphatic carboxylic acids is 1. The maximum atomic E-state index is 11.2. The third-order valence-corrected chi connectivity index (χ3v) is 3.19. The number of carboxylic acid groups (broad SMARTS) is 1. The van der Waals surface area contributed by atoms with Crippen molar-refractivity contribution >= 4 is 5.97 Å². The fourth-order valence-electron chi connectivity index (χ4n) is 1.69. The van der Waals surface area contributed by atoms with Gasteiger partial charge in [0.2, 0.25) is 0 Å². The molecule has 0 aromatic rings. The van der Waals surface area contributed by atoms with Gasteiger partial charge in [0, 0.05) is 6.42 Å². The van der Waals surface area contributed by atoms with Gasteiger partial charge < -0.3 is 18.9 Å². The first-order chi connectivity index (χ1) is 7.40. The molecular formula is C12H28N3O2+. The first-order valence-corrected chi connectivity index (χ1v) is 6.02. The van der Waals surface area contributed by atoms with Crippen molar-refractivity contribution in [3.05, 3.63) is 0 Å². The van der Waals surface area contributed by atoms with E-state index in [9.17, 15) is 9.90 Å². The highest BCUT2D eigenvalue weighted by molar-refractivity contribution is 5.74. The third kappa shape index (κ3) is 5.02. The minimum absolute atomic E-state index is 0.180. The van der Waals surface area contributed by atoms with Crippen LogP contribution in [-0.2, 0) is 4.79 Å². The highest BCUT2D eigenvalue weighted by atomic mass is 16.4. The van der Waals surface area contributed by atoms with E-state index in [-0.39, 0.29) is 4.48 Å². The third-order valence-electron chi connectivity index (χ3n) is 3.19. The van der Waals surface area contributed by atoms with E-state index in [1.807, 2.05) is 0 Å². The van der Waals surface area contributed by atoms with Gasteiger partial charge in [-0.15, -0.1) is 0 Å². The Morgan fingerprint density at radius 3 is 1.88 bits per heavy atom. The lowest BCUT2D eigenvalue weighted by molar-refractivity contribution is -0.916. The van der Waals surface area contributed by atoms with Gasteiger partial charge in [0.1, 0.15) is 5.97 Å². The molecule has 2 N–H and O–H groups in total. The molecule has 0 aliphatic rings. The Balaban J connectivity index is 4.37. The molecule has 0 aromatic carbocycles. The standard InChI is InChI=1S/C12H28N3O2/c1-14(2,3)10-8-7-9-12(13,11(16)17)15(4,5)6/h7-10,13H2,1-6H3/q+1/t12-/m0/s1. The van der Waals surface area contributed by atoms with Gasteiger partial charge in [0.15, 0.2) is 5.66 Å². The first kappa shape index (κ1) is 16.4. The Morgan fingerprint density at radius 2 is 1.59 bits per heavy atom. The Kier molecular flexibility index (Phi) is 5.13. The van der Waals surface area contributed by atoms with Gasteiger partial charge in [-0.1, -0.05) is 0 Å². The fraction of sp³-hybridized carbons (Fsp3) is 0.917. The van der Waals surface area contributed by atoms with Crippen molar-refractivity contribution in [3.63, 3.8) is 0 Å². The van der Waals surface area contributed by atoms with Crippen LogP contribution in [0.25, 0.3) is 0 Å². The molecule has 17 heavy (non-hydrogen) atoms. The number of unbranched alkanes of at least 4 members (excludes halogenated alkanes) is 1. The van der Waals surface area contributed by atoms with E-state index in [4.69, 9.17) is 5.73 Å². The van der Waals surface area contributed by atoms with Gasteiger partial charge in [-0.25, -0.2) is 0 Å². The lowest BCUT2D eigenvalue weighted by Crippen LogP contribution is -2.71. The van der Waals surface area contributed by atoms with Crippen molar-refractivity contribution in [2.45, 2.75) is 24.9 Å². The van der Waals surface area contributed by atoms with Crippen molar-refractivity contribution in [3.8, 4) is 0 Å². The average Bonchev–Trinajstić information content (AvgIpc) is 2.08. The summed E-state index contributed by atoms with van der Waals surface area (Å²) in [6.45, 7) is 1.01. The molecule has 1 atom stereocenters. The first-order valence-electron chi connectivity index (χ1n) is 6.02. The number of likely N-dealkylation sites (N-methyl/N-ethyl adjacent to an activating group) is 1. The molecule has 0 aliphatic carbocycles. The Bertz CT molecular complexity index is 266. The number of carboxylic acids is 1. The summed E-state index contributed by atoms with van der Waals surface area (Å²) in [7, 11) is 11.7. The van der Waals surface area contributed by atoms with Crippen molar-refractivity contribution in [1.29, 1.82) is 0 Å². The summed E-state index contributed by atoms with van der Waals surface area (Å²) in [5.74, 6) is -1.17. The maximum absolute atomic E-state index is 11.2. The van der Waals surface area contributed by atoms with E-state index >= 15 is 0 Å². The minimum Gasteiger partial charge on any atom is -0.543 e. The topological polar surface area (TPSA) is 66.2 Å². The van der Waals surface area contributed by atoms with Gasteiger partial charge in [0.05, 0.1) is 48.8 Å². The quantitative estimate of drug-likeness (QED) is 0.355. The van der Waals surface area contributed by atoms with Crippen LogP contribution >= 0.6 is 0 Å². The highest BCUT2D eigenvalue weighted by Gasteiger charge is 2.40. The second-order valence-corrected chi connectivity index (χ2v) is 6.70. The van der Waals surface area contributed by atoms with Crippen LogP contribution in [-0.4, -0.2) is 69.4 Å². The summed E-state index contributed by atoms with van der Waals surface area (Å²) in [5, 5.41) is 11.2. The molecule has 0 fully saturated rings. The van der Waals surface area contributed by atoms with Crippen molar-refractivity contribution in [1.82, 2.24) is 0 Å². The Hall–Kier alpha value is -0.650. The average molecular weight is 246 g/mol. The van der Waals surface area contributed by atoms with Gasteiger partial charge in [-0.2, -0.15) is 0 Å². The summed E-state index contributed by atoms with van der Waals surface area (Å²) in [6.07, 6.45) is 2.21. The van der Waals surface area contributed by atoms with Crippen LogP contribution in [0.3, 0.4) is 0 Å². The molecule has 0 bridgehead atoms. The van der Waals surface area contributed by atoms with Gasteiger partial charge >= 0.3 is 0 Å². The molecule has 0 rings (SSSR count). The smallest absolute Gasteiger partial charge is 0.190 e. The zero-order valence-electron chi connectivity index (χ0n) is 12.1. The Labute approximate surface area is 105 Å². The van der Waals surface area contributed by atoms with Crippen LogP contribution < -0.4 is 10.8 Å². The molecule has 5 heteroatoms. The number of carbonyl (C=O) groups is 1. The largest absolute Gasteiger partial charge is 0.543 e.